The molecule has 4 aromatic rings. The third kappa shape index (κ3) is 9.16. The topological polar surface area (TPSA) is 105 Å². The second-order valence-corrected chi connectivity index (χ2v) is 11.9. The van der Waals surface area contributed by atoms with Crippen LogP contribution in [-0.4, -0.2) is 44.3 Å². The predicted molar refractivity (Wildman–Crippen MR) is 168 cm³/mol. The maximum Gasteiger partial charge on any atom is 0.261 e. The number of sulfonamides is 1. The van der Waals surface area contributed by atoms with Gasteiger partial charge in [0.25, 0.3) is 15.9 Å². The summed E-state index contributed by atoms with van der Waals surface area (Å²) in [4.78, 5) is 28.5. The molecule has 0 saturated carbocycles. The summed E-state index contributed by atoms with van der Waals surface area (Å²) >= 11 is 6.06. The van der Waals surface area contributed by atoms with E-state index >= 15 is 0 Å². The maximum atomic E-state index is 13.7. The quantitative estimate of drug-likeness (QED) is 0.176. The van der Waals surface area contributed by atoms with Crippen LogP contribution in [0.4, 0.5) is 10.1 Å². The SMILES string of the molecule is C=CCNC(=O)[C@@H](Cc1ccccc1)N(Cc1ccc(Cl)cc1)C(=O)COc1ccc(S(=O)(=O)Nc2ccc(F)cc2)cc1. The van der Waals surface area contributed by atoms with Gasteiger partial charge in [0, 0.05) is 30.2 Å². The molecule has 4 aromatic carbocycles. The first-order valence-corrected chi connectivity index (χ1v) is 15.5. The van der Waals surface area contributed by atoms with E-state index in [1.807, 2.05) is 30.3 Å². The van der Waals surface area contributed by atoms with Gasteiger partial charge in [-0.25, -0.2) is 12.8 Å². The Morgan fingerprint density at radius 3 is 2.20 bits per heavy atom. The number of carbonyl (C=O) groups is 2. The van der Waals surface area contributed by atoms with Crippen molar-refractivity contribution in [3.8, 4) is 5.75 Å². The molecule has 0 aliphatic carbocycles. The molecule has 2 N–H and O–H groups in total. The van der Waals surface area contributed by atoms with Crippen molar-refractivity contribution in [2.24, 2.45) is 0 Å². The van der Waals surface area contributed by atoms with Gasteiger partial charge >= 0.3 is 0 Å². The van der Waals surface area contributed by atoms with Crippen molar-refractivity contribution in [1.29, 1.82) is 0 Å². The molecular weight excluding hydrogens is 605 g/mol. The lowest BCUT2D eigenvalue weighted by Crippen LogP contribution is -2.51. The first-order chi connectivity index (χ1) is 21.1. The number of hydrogen-bond acceptors (Lipinski definition) is 5. The molecule has 0 radical (unpaired) electrons. The molecule has 11 heteroatoms. The van der Waals surface area contributed by atoms with E-state index in [0.29, 0.717) is 5.02 Å². The number of hydrogen-bond donors (Lipinski definition) is 2. The average Bonchev–Trinajstić information content (AvgIpc) is 3.03. The molecule has 0 spiro atoms. The van der Waals surface area contributed by atoms with Gasteiger partial charge in [-0.1, -0.05) is 60.1 Å². The van der Waals surface area contributed by atoms with Crippen molar-refractivity contribution in [3.63, 3.8) is 0 Å². The first kappa shape index (κ1) is 32.2. The lowest BCUT2D eigenvalue weighted by Gasteiger charge is -2.31. The number of anilines is 1. The van der Waals surface area contributed by atoms with Crippen molar-refractivity contribution in [1.82, 2.24) is 10.2 Å². The van der Waals surface area contributed by atoms with E-state index < -0.39 is 34.4 Å². The molecule has 1 atom stereocenters. The van der Waals surface area contributed by atoms with Gasteiger partial charge in [0.15, 0.2) is 6.61 Å². The van der Waals surface area contributed by atoms with Gasteiger partial charge in [0.05, 0.1) is 4.90 Å². The Balaban J connectivity index is 1.52. The number of ether oxygens (including phenoxy) is 1. The first-order valence-electron chi connectivity index (χ1n) is 13.6. The van der Waals surface area contributed by atoms with Crippen molar-refractivity contribution in [2.75, 3.05) is 17.9 Å². The van der Waals surface area contributed by atoms with Crippen LogP contribution in [0.5, 0.6) is 5.75 Å². The molecule has 0 aliphatic rings. The van der Waals surface area contributed by atoms with Crippen molar-refractivity contribution < 1.29 is 27.1 Å². The second-order valence-electron chi connectivity index (χ2n) is 9.76. The third-order valence-electron chi connectivity index (χ3n) is 6.55. The van der Waals surface area contributed by atoms with E-state index in [9.17, 15) is 22.4 Å². The number of benzene rings is 4. The zero-order valence-electron chi connectivity index (χ0n) is 23.7. The summed E-state index contributed by atoms with van der Waals surface area (Å²) < 4.78 is 46.8. The van der Waals surface area contributed by atoms with Crippen LogP contribution >= 0.6 is 11.6 Å². The van der Waals surface area contributed by atoms with Crippen molar-refractivity contribution in [3.05, 3.63) is 138 Å². The summed E-state index contributed by atoms with van der Waals surface area (Å²) in [5.41, 5.74) is 1.84. The highest BCUT2D eigenvalue weighted by atomic mass is 35.5. The fourth-order valence-corrected chi connectivity index (χ4v) is 5.49. The Morgan fingerprint density at radius 1 is 0.909 bits per heavy atom. The Labute approximate surface area is 261 Å². The predicted octanol–water partition coefficient (Wildman–Crippen LogP) is 5.60. The molecule has 0 bridgehead atoms. The summed E-state index contributed by atoms with van der Waals surface area (Å²) in [7, 11) is -3.95. The summed E-state index contributed by atoms with van der Waals surface area (Å²) in [5.74, 6) is -1.04. The highest BCUT2D eigenvalue weighted by Gasteiger charge is 2.30. The number of rotatable bonds is 14. The van der Waals surface area contributed by atoms with E-state index in [4.69, 9.17) is 16.3 Å². The minimum Gasteiger partial charge on any atom is -0.484 e. The second kappa shape index (κ2) is 15.2. The van der Waals surface area contributed by atoms with Crippen LogP contribution in [-0.2, 0) is 32.6 Å². The third-order valence-corrected chi connectivity index (χ3v) is 8.20. The van der Waals surface area contributed by atoms with Gasteiger partial charge in [-0.15, -0.1) is 6.58 Å². The van der Waals surface area contributed by atoms with Crippen molar-refractivity contribution >= 4 is 39.1 Å². The van der Waals surface area contributed by atoms with Gasteiger partial charge in [0.2, 0.25) is 5.91 Å². The summed E-state index contributed by atoms with van der Waals surface area (Å²) in [6.07, 6.45) is 1.82. The minimum atomic E-state index is -3.95. The zero-order valence-corrected chi connectivity index (χ0v) is 25.2. The highest BCUT2D eigenvalue weighted by molar-refractivity contribution is 7.92. The molecule has 2 amide bonds. The molecule has 0 aromatic heterocycles. The normalized spacial score (nSPS) is 11.7. The van der Waals surface area contributed by atoms with Gasteiger partial charge in [-0.05, 0) is 71.8 Å². The number of carbonyl (C=O) groups excluding carboxylic acids is 2. The van der Waals surface area contributed by atoms with Crippen molar-refractivity contribution in [2.45, 2.75) is 23.9 Å². The Kier molecular flexibility index (Phi) is 11.1. The molecular formula is C33H31ClFN3O5S. The van der Waals surface area contributed by atoms with E-state index in [0.717, 1.165) is 23.3 Å². The molecule has 0 saturated heterocycles. The monoisotopic (exact) mass is 635 g/mol. The maximum absolute atomic E-state index is 13.7. The molecule has 228 valence electrons. The fraction of sp³-hybridized carbons (Fsp3) is 0.152. The molecule has 0 heterocycles. The molecule has 0 aliphatic heterocycles. The standard InChI is InChI=1S/C33H31ClFN3O5S/c1-2-20-36-33(40)31(21-24-6-4-3-5-7-24)38(22-25-8-10-26(34)11-9-25)32(39)23-43-29-16-18-30(19-17-29)44(41,42)37-28-14-12-27(35)13-15-28/h2-19,31,37H,1,20-23H2,(H,36,40)/t31-/m1/s1. The Bertz CT molecular complexity index is 1670. The van der Waals surface area contributed by atoms with Crippen LogP contribution < -0.4 is 14.8 Å². The molecule has 44 heavy (non-hydrogen) atoms. The van der Waals surface area contributed by atoms with Crippen LogP contribution in [0.25, 0.3) is 0 Å². The number of halogens is 2. The van der Waals surface area contributed by atoms with Gasteiger partial charge in [-0.2, -0.15) is 0 Å². The van der Waals surface area contributed by atoms with Crippen LogP contribution in [0, 0.1) is 5.82 Å². The van der Waals surface area contributed by atoms with Crippen LogP contribution in [0.3, 0.4) is 0 Å². The van der Waals surface area contributed by atoms with E-state index in [1.54, 1.807) is 30.3 Å². The Morgan fingerprint density at radius 2 is 1.57 bits per heavy atom. The zero-order chi connectivity index (χ0) is 31.5. The van der Waals surface area contributed by atoms with E-state index in [1.165, 1.54) is 41.3 Å². The summed E-state index contributed by atoms with van der Waals surface area (Å²) in [5, 5.41) is 3.34. The number of nitrogens with zero attached hydrogens (tertiary/aromatic N) is 1. The highest BCUT2D eigenvalue weighted by Crippen LogP contribution is 2.21. The smallest absolute Gasteiger partial charge is 0.261 e. The largest absolute Gasteiger partial charge is 0.484 e. The Hall–Kier alpha value is -4.67. The summed E-state index contributed by atoms with van der Waals surface area (Å²) in [6, 6.07) is 25.9. The van der Waals surface area contributed by atoms with Gasteiger partial charge in [0.1, 0.15) is 17.6 Å². The number of amides is 2. The molecule has 0 unspecified atom stereocenters. The van der Waals surface area contributed by atoms with E-state index in [2.05, 4.69) is 16.6 Å². The lowest BCUT2D eigenvalue weighted by molar-refractivity contribution is -0.142. The molecule has 0 fully saturated rings. The minimum absolute atomic E-state index is 0.0494. The van der Waals surface area contributed by atoms with E-state index in [-0.39, 0.29) is 41.7 Å². The summed E-state index contributed by atoms with van der Waals surface area (Å²) in [6.45, 7) is 3.59. The van der Waals surface area contributed by atoms with Gasteiger partial charge < -0.3 is 15.0 Å². The van der Waals surface area contributed by atoms with Crippen LogP contribution in [0.2, 0.25) is 5.02 Å². The average molecular weight is 636 g/mol. The van der Waals surface area contributed by atoms with Crippen LogP contribution in [0.1, 0.15) is 11.1 Å². The lowest BCUT2D eigenvalue weighted by atomic mass is 10.0. The molecule has 4 rings (SSSR count). The number of nitrogens with one attached hydrogen (secondary N) is 2. The fourth-order valence-electron chi connectivity index (χ4n) is 4.31. The van der Waals surface area contributed by atoms with Gasteiger partial charge in [-0.3, -0.25) is 14.3 Å². The molecule has 8 nitrogen and oxygen atoms in total. The van der Waals surface area contributed by atoms with Crippen LogP contribution in [0.15, 0.2) is 121 Å².